The lowest BCUT2D eigenvalue weighted by molar-refractivity contribution is 0.134. The van der Waals surface area contributed by atoms with Gasteiger partial charge in [-0.05, 0) is 37.1 Å². The fourth-order valence-corrected chi connectivity index (χ4v) is 3.62. The van der Waals surface area contributed by atoms with Gasteiger partial charge in [0.25, 0.3) is 0 Å². The number of aliphatic hydroxyl groups excluding tert-OH is 1. The highest BCUT2D eigenvalue weighted by Gasteiger charge is 2.34. The summed E-state index contributed by atoms with van der Waals surface area (Å²) >= 11 is 0. The molecule has 1 aliphatic carbocycles. The van der Waals surface area contributed by atoms with E-state index in [9.17, 15) is 17.9 Å². The molecular formula is C13H18FNO3S. The molecule has 1 aromatic rings. The van der Waals surface area contributed by atoms with Crippen LogP contribution in [0, 0.1) is 11.2 Å². The Kier molecular flexibility index (Phi) is 4.23. The summed E-state index contributed by atoms with van der Waals surface area (Å²) in [6.07, 6.45) is 3.68. The molecule has 1 aromatic carbocycles. The molecule has 1 saturated carbocycles. The first-order valence-electron chi connectivity index (χ1n) is 6.34. The van der Waals surface area contributed by atoms with E-state index in [0.29, 0.717) is 0 Å². The van der Waals surface area contributed by atoms with Crippen LogP contribution in [0.2, 0.25) is 0 Å². The zero-order valence-corrected chi connectivity index (χ0v) is 11.4. The van der Waals surface area contributed by atoms with Crippen molar-refractivity contribution < 1.29 is 17.9 Å². The summed E-state index contributed by atoms with van der Waals surface area (Å²) in [4.78, 5) is 0.0417. The van der Waals surface area contributed by atoms with Crippen LogP contribution in [0.15, 0.2) is 29.2 Å². The largest absolute Gasteiger partial charge is 0.396 e. The zero-order valence-electron chi connectivity index (χ0n) is 10.6. The van der Waals surface area contributed by atoms with E-state index in [1.54, 1.807) is 0 Å². The first-order valence-corrected chi connectivity index (χ1v) is 7.82. The molecule has 106 valence electrons. The highest BCUT2D eigenvalue weighted by Crippen LogP contribution is 2.37. The van der Waals surface area contributed by atoms with Crippen LogP contribution < -0.4 is 4.72 Å². The fourth-order valence-electron chi connectivity index (χ4n) is 2.46. The molecule has 2 N–H and O–H groups in total. The van der Waals surface area contributed by atoms with Gasteiger partial charge in [-0.1, -0.05) is 12.8 Å². The van der Waals surface area contributed by atoms with E-state index in [1.165, 1.54) is 12.1 Å². The van der Waals surface area contributed by atoms with Crippen molar-refractivity contribution in [3.8, 4) is 0 Å². The van der Waals surface area contributed by atoms with Crippen LogP contribution >= 0.6 is 0 Å². The number of sulfonamides is 1. The average Bonchev–Trinajstić information content (AvgIpc) is 2.87. The second kappa shape index (κ2) is 5.56. The third-order valence-electron chi connectivity index (χ3n) is 3.76. The summed E-state index contributed by atoms with van der Waals surface area (Å²) in [6, 6.07) is 4.70. The number of hydrogen-bond donors (Lipinski definition) is 2. The second-order valence-electron chi connectivity index (χ2n) is 5.14. The van der Waals surface area contributed by atoms with Gasteiger partial charge in [-0.3, -0.25) is 0 Å². The maximum absolute atomic E-state index is 12.8. The lowest BCUT2D eigenvalue weighted by Crippen LogP contribution is -2.38. The summed E-state index contributed by atoms with van der Waals surface area (Å²) in [6.45, 7) is 0.210. The average molecular weight is 287 g/mol. The lowest BCUT2D eigenvalue weighted by atomic mass is 9.88. The van der Waals surface area contributed by atoms with Gasteiger partial charge in [0.1, 0.15) is 5.82 Å². The summed E-state index contributed by atoms with van der Waals surface area (Å²) in [5, 5.41) is 9.44. The number of nitrogens with one attached hydrogen (secondary N) is 1. The highest BCUT2D eigenvalue weighted by atomic mass is 32.2. The van der Waals surface area contributed by atoms with E-state index in [0.717, 1.165) is 37.8 Å². The first kappa shape index (κ1) is 14.4. The van der Waals surface area contributed by atoms with Crippen molar-refractivity contribution in [1.82, 2.24) is 4.72 Å². The normalized spacial score (nSPS) is 18.6. The van der Waals surface area contributed by atoms with Crippen molar-refractivity contribution in [3.63, 3.8) is 0 Å². The van der Waals surface area contributed by atoms with Gasteiger partial charge in [0.15, 0.2) is 0 Å². The summed E-state index contributed by atoms with van der Waals surface area (Å²) in [7, 11) is -3.64. The quantitative estimate of drug-likeness (QED) is 0.865. The van der Waals surface area contributed by atoms with E-state index in [-0.39, 0.29) is 23.5 Å². The Labute approximate surface area is 112 Å². The molecule has 0 aromatic heterocycles. The Balaban J connectivity index is 2.07. The molecule has 0 heterocycles. The van der Waals surface area contributed by atoms with Gasteiger partial charge in [0.2, 0.25) is 10.0 Å². The van der Waals surface area contributed by atoms with Crippen LogP contribution in [0.5, 0.6) is 0 Å². The van der Waals surface area contributed by atoms with Crippen molar-refractivity contribution in [3.05, 3.63) is 30.1 Å². The van der Waals surface area contributed by atoms with E-state index >= 15 is 0 Å². The van der Waals surface area contributed by atoms with Crippen LogP contribution in [-0.2, 0) is 10.0 Å². The van der Waals surface area contributed by atoms with Gasteiger partial charge in [-0.2, -0.15) is 0 Å². The molecule has 0 amide bonds. The van der Waals surface area contributed by atoms with Gasteiger partial charge in [0.05, 0.1) is 4.90 Å². The van der Waals surface area contributed by atoms with Crippen molar-refractivity contribution in [2.45, 2.75) is 30.6 Å². The van der Waals surface area contributed by atoms with Crippen LogP contribution in [0.25, 0.3) is 0 Å². The maximum Gasteiger partial charge on any atom is 0.240 e. The summed E-state index contributed by atoms with van der Waals surface area (Å²) in [5.41, 5.74) is -0.340. The molecule has 6 heteroatoms. The van der Waals surface area contributed by atoms with Crippen LogP contribution in [0.1, 0.15) is 25.7 Å². The second-order valence-corrected chi connectivity index (χ2v) is 6.91. The minimum absolute atomic E-state index is 0.0149. The number of hydrogen-bond acceptors (Lipinski definition) is 3. The van der Waals surface area contributed by atoms with Gasteiger partial charge >= 0.3 is 0 Å². The molecule has 1 aliphatic rings. The van der Waals surface area contributed by atoms with Crippen LogP contribution in [0.3, 0.4) is 0 Å². The van der Waals surface area contributed by atoms with Gasteiger partial charge < -0.3 is 5.11 Å². The van der Waals surface area contributed by atoms with Crippen molar-refractivity contribution in [2.75, 3.05) is 13.2 Å². The smallest absolute Gasteiger partial charge is 0.240 e. The SMILES string of the molecule is O=S(=O)(NCC1(CO)CCCC1)c1ccc(F)cc1. The van der Waals surface area contributed by atoms with E-state index < -0.39 is 15.8 Å². The summed E-state index contributed by atoms with van der Waals surface area (Å²) < 4.78 is 39.4. The monoisotopic (exact) mass is 287 g/mol. The van der Waals surface area contributed by atoms with Gasteiger partial charge in [-0.25, -0.2) is 17.5 Å². The third-order valence-corrected chi connectivity index (χ3v) is 5.18. The van der Waals surface area contributed by atoms with Crippen molar-refractivity contribution in [1.29, 1.82) is 0 Å². The van der Waals surface area contributed by atoms with Crippen LogP contribution in [-0.4, -0.2) is 26.7 Å². The molecule has 0 saturated heterocycles. The molecular weight excluding hydrogens is 269 g/mol. The molecule has 4 nitrogen and oxygen atoms in total. The zero-order chi connectivity index (χ0) is 13.9. The Morgan fingerprint density at radius 1 is 1.21 bits per heavy atom. The molecule has 2 rings (SSSR count). The van der Waals surface area contributed by atoms with Crippen molar-refractivity contribution in [2.24, 2.45) is 5.41 Å². The lowest BCUT2D eigenvalue weighted by Gasteiger charge is -2.26. The predicted molar refractivity (Wildman–Crippen MR) is 69.6 cm³/mol. The standard InChI is InChI=1S/C13H18FNO3S/c14-11-3-5-12(6-4-11)19(17,18)15-9-13(10-16)7-1-2-8-13/h3-6,15-16H,1-2,7-10H2. The van der Waals surface area contributed by atoms with E-state index in [2.05, 4.69) is 4.72 Å². The van der Waals surface area contributed by atoms with E-state index in [4.69, 9.17) is 0 Å². The molecule has 19 heavy (non-hydrogen) atoms. The first-order chi connectivity index (χ1) is 8.97. The Morgan fingerprint density at radius 3 is 2.32 bits per heavy atom. The molecule has 0 spiro atoms. The molecule has 0 atom stereocenters. The van der Waals surface area contributed by atoms with E-state index in [1.807, 2.05) is 0 Å². The van der Waals surface area contributed by atoms with Crippen LogP contribution in [0.4, 0.5) is 4.39 Å². The fraction of sp³-hybridized carbons (Fsp3) is 0.538. The molecule has 0 unspecified atom stereocenters. The maximum atomic E-state index is 12.8. The van der Waals surface area contributed by atoms with Gasteiger partial charge in [0, 0.05) is 18.6 Å². The minimum Gasteiger partial charge on any atom is -0.396 e. The Morgan fingerprint density at radius 2 is 1.79 bits per heavy atom. The minimum atomic E-state index is -3.64. The third kappa shape index (κ3) is 3.32. The topological polar surface area (TPSA) is 66.4 Å². The summed E-state index contributed by atoms with van der Waals surface area (Å²) in [5.74, 6) is -0.471. The van der Waals surface area contributed by atoms with Crippen molar-refractivity contribution >= 4 is 10.0 Å². The number of rotatable bonds is 5. The Bertz CT molecular complexity index is 521. The number of benzene rings is 1. The molecule has 1 fully saturated rings. The Hall–Kier alpha value is -0.980. The van der Waals surface area contributed by atoms with Gasteiger partial charge in [-0.15, -0.1) is 0 Å². The molecule has 0 aliphatic heterocycles. The molecule has 0 bridgehead atoms. The predicted octanol–water partition coefficient (Wildman–Crippen LogP) is 1.66. The highest BCUT2D eigenvalue weighted by molar-refractivity contribution is 7.89. The molecule has 0 radical (unpaired) electrons. The number of halogens is 1. The number of aliphatic hydroxyl groups is 1.